The molecule has 1 aliphatic heterocycles. The number of hydrogen-bond acceptors (Lipinski definition) is 7. The van der Waals surface area contributed by atoms with Crippen LogP contribution in [0.25, 0.3) is 11.2 Å². The van der Waals surface area contributed by atoms with Crippen molar-refractivity contribution in [3.63, 3.8) is 0 Å². The number of nitrogens with zero attached hydrogens (tertiary/aromatic N) is 4. The van der Waals surface area contributed by atoms with Gasteiger partial charge in [-0.1, -0.05) is 11.6 Å². The number of hydrogen-bond donors (Lipinski definition) is 0. The van der Waals surface area contributed by atoms with Gasteiger partial charge in [0.1, 0.15) is 5.52 Å². The number of halogens is 2. The molecule has 24 heavy (non-hydrogen) atoms. The molecule has 1 saturated heterocycles. The summed E-state index contributed by atoms with van der Waals surface area (Å²) in [5, 5.41) is 0.141. The molecule has 0 amide bonds. The normalized spacial score (nSPS) is 17.3. The summed E-state index contributed by atoms with van der Waals surface area (Å²) < 4.78 is 11.8. The Labute approximate surface area is 191 Å². The van der Waals surface area contributed by atoms with Gasteiger partial charge in [-0.2, -0.15) is 4.98 Å². The summed E-state index contributed by atoms with van der Waals surface area (Å²) in [6.45, 7) is 3.29. The molecule has 0 spiro atoms. The topological polar surface area (TPSA) is 96.2 Å². The molecular formula is C13H13Cl2KN4O4. The van der Waals surface area contributed by atoms with Gasteiger partial charge >= 0.3 is 63.3 Å². The molecule has 0 unspecified atom stereocenters. The van der Waals surface area contributed by atoms with Crippen molar-refractivity contribution < 1.29 is 71.9 Å². The third-order valence-corrected chi connectivity index (χ3v) is 3.76. The number of imidazole rings is 1. The smallest absolute Gasteiger partial charge is 1.00 e. The minimum absolute atomic E-state index is 0. The Kier molecular flexibility index (Phi) is 6.28. The second-order valence-corrected chi connectivity index (χ2v) is 6.17. The minimum atomic E-state index is -1.24. The van der Waals surface area contributed by atoms with Crippen molar-refractivity contribution in [1.29, 1.82) is 0 Å². The molecule has 0 radical (unpaired) electrons. The van der Waals surface area contributed by atoms with Gasteiger partial charge in [-0.05, 0) is 18.0 Å². The van der Waals surface area contributed by atoms with E-state index in [1.165, 1.54) is 20.2 Å². The standard InChI is InChI=1S/C13H12Cl2N4O4.K.H/c1-13(2)22-10(20)6(11(21)23-13)3-4-19-5-16-9-7(19)8(14)17-12(15)18-9;;/h5-6H,3-4H2,1-2H3;;/q;+1;-1. The minimum Gasteiger partial charge on any atom is -1.00 e. The van der Waals surface area contributed by atoms with E-state index < -0.39 is 23.6 Å². The van der Waals surface area contributed by atoms with Crippen molar-refractivity contribution in [1.82, 2.24) is 19.5 Å². The van der Waals surface area contributed by atoms with Gasteiger partial charge in [0.2, 0.25) is 5.28 Å². The fraction of sp³-hybridized carbons (Fsp3) is 0.462. The maximum Gasteiger partial charge on any atom is 1.00 e. The van der Waals surface area contributed by atoms with Gasteiger partial charge < -0.3 is 15.5 Å². The molecule has 2 aromatic heterocycles. The summed E-state index contributed by atoms with van der Waals surface area (Å²) >= 11 is 11.8. The summed E-state index contributed by atoms with van der Waals surface area (Å²) in [6, 6.07) is 0. The first kappa shape index (κ1) is 20.0. The monoisotopic (exact) mass is 398 g/mol. The van der Waals surface area contributed by atoms with Gasteiger partial charge in [-0.15, -0.1) is 0 Å². The van der Waals surface area contributed by atoms with E-state index in [9.17, 15) is 9.59 Å². The summed E-state index contributed by atoms with van der Waals surface area (Å²) in [4.78, 5) is 35.8. The van der Waals surface area contributed by atoms with Crippen molar-refractivity contribution >= 4 is 46.3 Å². The van der Waals surface area contributed by atoms with Crippen LogP contribution in [0.4, 0.5) is 0 Å². The average Bonchev–Trinajstić information content (AvgIpc) is 2.79. The number of fused-ring (bicyclic) bond motifs is 1. The Morgan fingerprint density at radius 3 is 2.50 bits per heavy atom. The number of carbonyl (C=O) groups is 2. The molecule has 0 N–H and O–H groups in total. The molecule has 11 heteroatoms. The van der Waals surface area contributed by atoms with Crippen molar-refractivity contribution in [2.45, 2.75) is 32.6 Å². The van der Waals surface area contributed by atoms with Crippen LogP contribution in [0.1, 0.15) is 21.7 Å². The largest absolute Gasteiger partial charge is 1.00 e. The summed E-state index contributed by atoms with van der Waals surface area (Å²) in [7, 11) is 0. The van der Waals surface area contributed by atoms with E-state index in [2.05, 4.69) is 15.0 Å². The van der Waals surface area contributed by atoms with Crippen LogP contribution in [0.3, 0.4) is 0 Å². The van der Waals surface area contributed by atoms with Gasteiger partial charge in [0.15, 0.2) is 16.7 Å². The Balaban J connectivity index is 0.00000156. The average molecular weight is 399 g/mol. The first-order valence-electron chi connectivity index (χ1n) is 6.76. The predicted octanol–water partition coefficient (Wildman–Crippen LogP) is -0.908. The van der Waals surface area contributed by atoms with Gasteiger partial charge in [0.05, 0.1) is 6.33 Å². The first-order chi connectivity index (χ1) is 10.8. The van der Waals surface area contributed by atoms with Crippen LogP contribution >= 0.6 is 23.2 Å². The summed E-state index contributed by atoms with van der Waals surface area (Å²) in [5.41, 5.74) is 0.818. The number of ether oxygens (including phenoxy) is 2. The zero-order chi connectivity index (χ0) is 16.8. The second-order valence-electron chi connectivity index (χ2n) is 5.48. The van der Waals surface area contributed by atoms with E-state index >= 15 is 0 Å². The van der Waals surface area contributed by atoms with Gasteiger partial charge in [0.25, 0.3) is 5.79 Å². The Morgan fingerprint density at radius 1 is 1.25 bits per heavy atom. The van der Waals surface area contributed by atoms with Crippen LogP contribution in [0.2, 0.25) is 10.4 Å². The molecule has 0 aromatic carbocycles. The van der Waals surface area contributed by atoms with E-state index in [4.69, 9.17) is 32.7 Å². The molecule has 3 heterocycles. The van der Waals surface area contributed by atoms with Crippen LogP contribution in [0.5, 0.6) is 0 Å². The maximum atomic E-state index is 11.9. The molecule has 2 aromatic rings. The molecule has 8 nitrogen and oxygen atoms in total. The van der Waals surface area contributed by atoms with Crippen LogP contribution in [0.15, 0.2) is 6.33 Å². The maximum absolute atomic E-state index is 11.9. The van der Waals surface area contributed by atoms with Crippen molar-refractivity contribution in [3.8, 4) is 0 Å². The number of esters is 2. The SMILES string of the molecule is CC1(C)OC(=O)C(CCn2cnc3nc(Cl)nc(Cl)c32)C(=O)O1.[H-].[K+]. The molecule has 1 fully saturated rings. The van der Waals surface area contributed by atoms with Crippen LogP contribution in [-0.4, -0.2) is 37.2 Å². The van der Waals surface area contributed by atoms with Crippen molar-refractivity contribution in [2.75, 3.05) is 0 Å². The Hall–Kier alpha value is -0.294. The number of carbonyl (C=O) groups excluding carboxylic acids is 2. The third-order valence-electron chi connectivity index (χ3n) is 3.32. The van der Waals surface area contributed by atoms with E-state index in [0.717, 1.165) is 0 Å². The van der Waals surface area contributed by atoms with Gasteiger partial charge in [0, 0.05) is 20.4 Å². The van der Waals surface area contributed by atoms with Crippen LogP contribution in [0, 0.1) is 5.92 Å². The predicted molar refractivity (Wildman–Crippen MR) is 80.8 cm³/mol. The molecule has 124 valence electrons. The zero-order valence-electron chi connectivity index (χ0n) is 14.2. The van der Waals surface area contributed by atoms with Crippen molar-refractivity contribution in [2.24, 2.45) is 5.92 Å². The van der Waals surface area contributed by atoms with E-state index in [-0.39, 0.29) is 76.2 Å². The third kappa shape index (κ3) is 4.09. The number of cyclic esters (lactones) is 2. The summed E-state index contributed by atoms with van der Waals surface area (Å²) in [5.74, 6) is -3.45. The number of rotatable bonds is 3. The molecular weight excluding hydrogens is 386 g/mol. The Bertz CT molecular complexity index is 797. The molecule has 0 bridgehead atoms. The zero-order valence-corrected chi connectivity index (χ0v) is 17.9. The second kappa shape index (κ2) is 7.52. The fourth-order valence-corrected chi connectivity index (χ4v) is 2.81. The number of aryl methyl sites for hydroxylation is 1. The Morgan fingerprint density at radius 2 is 1.88 bits per heavy atom. The molecule has 0 aliphatic carbocycles. The van der Waals surface area contributed by atoms with Gasteiger partial charge in [-0.25, -0.2) is 9.97 Å². The van der Waals surface area contributed by atoms with Crippen LogP contribution in [-0.2, 0) is 25.6 Å². The van der Waals surface area contributed by atoms with Crippen molar-refractivity contribution in [3.05, 3.63) is 16.8 Å². The fourth-order valence-electron chi connectivity index (χ4n) is 2.33. The molecule has 1 aliphatic rings. The van der Waals surface area contributed by atoms with E-state index in [0.29, 0.717) is 11.2 Å². The quantitative estimate of drug-likeness (QED) is 0.217. The first-order valence-corrected chi connectivity index (χ1v) is 7.52. The molecule has 3 rings (SSSR count). The molecule has 0 atom stereocenters. The van der Waals surface area contributed by atoms with Crippen LogP contribution < -0.4 is 51.4 Å². The van der Waals surface area contributed by atoms with Gasteiger partial charge in [-0.3, -0.25) is 9.59 Å². The van der Waals surface area contributed by atoms with E-state index in [1.807, 2.05) is 0 Å². The summed E-state index contributed by atoms with van der Waals surface area (Å²) in [6.07, 6.45) is 1.67. The molecule has 0 saturated carbocycles. The number of aromatic nitrogens is 4. The van der Waals surface area contributed by atoms with E-state index in [1.54, 1.807) is 4.57 Å².